The first-order valence-corrected chi connectivity index (χ1v) is 8.08. The molecule has 1 aliphatic rings. The summed E-state index contributed by atoms with van der Waals surface area (Å²) in [5, 5.41) is 3.52. The van der Waals surface area contributed by atoms with Crippen molar-refractivity contribution >= 4 is 5.97 Å². The van der Waals surface area contributed by atoms with Crippen LogP contribution in [0.1, 0.15) is 53.4 Å². The molecule has 1 rings (SSSR count). The number of nitrogens with one attached hydrogen (secondary N) is 1. The lowest BCUT2D eigenvalue weighted by Gasteiger charge is -2.36. The molecule has 4 nitrogen and oxygen atoms in total. The predicted molar refractivity (Wildman–Crippen MR) is 82.8 cm³/mol. The van der Waals surface area contributed by atoms with Gasteiger partial charge in [0.15, 0.2) is 0 Å². The van der Waals surface area contributed by atoms with E-state index in [9.17, 15) is 4.79 Å². The van der Waals surface area contributed by atoms with Gasteiger partial charge in [-0.25, -0.2) is 0 Å². The van der Waals surface area contributed by atoms with Gasteiger partial charge in [0.25, 0.3) is 0 Å². The van der Waals surface area contributed by atoms with Gasteiger partial charge < -0.3 is 9.64 Å². The van der Waals surface area contributed by atoms with Gasteiger partial charge in [-0.1, -0.05) is 20.3 Å². The standard InChI is InChI=1S/C16H32N2O2/c1-6-18(7-2)12-10-14-9-8-11-16(14,15(19)20-5)17-13(3)4/h13-14,17H,6-12H2,1-5H3. The maximum absolute atomic E-state index is 12.4. The minimum atomic E-state index is -0.462. The minimum absolute atomic E-state index is 0.0757. The highest BCUT2D eigenvalue weighted by Gasteiger charge is 2.49. The lowest BCUT2D eigenvalue weighted by Crippen LogP contribution is -2.58. The molecule has 0 amide bonds. The Morgan fingerprint density at radius 2 is 2.05 bits per heavy atom. The van der Waals surface area contributed by atoms with Crippen LogP contribution in [0, 0.1) is 5.92 Å². The molecule has 0 bridgehead atoms. The number of nitrogens with zero attached hydrogens (tertiary/aromatic N) is 1. The molecule has 1 fully saturated rings. The molecule has 2 unspecified atom stereocenters. The SMILES string of the molecule is CCN(CC)CCC1CCCC1(NC(C)C)C(=O)OC. The smallest absolute Gasteiger partial charge is 0.326 e. The van der Waals surface area contributed by atoms with Gasteiger partial charge in [0.1, 0.15) is 5.54 Å². The summed E-state index contributed by atoms with van der Waals surface area (Å²) in [6, 6.07) is 0.295. The van der Waals surface area contributed by atoms with E-state index in [1.54, 1.807) is 0 Å². The van der Waals surface area contributed by atoms with Crippen molar-refractivity contribution in [1.29, 1.82) is 0 Å². The van der Waals surface area contributed by atoms with Crippen molar-refractivity contribution in [3.8, 4) is 0 Å². The lowest BCUT2D eigenvalue weighted by molar-refractivity contribution is -0.151. The van der Waals surface area contributed by atoms with Crippen LogP contribution in [0.25, 0.3) is 0 Å². The highest BCUT2D eigenvalue weighted by atomic mass is 16.5. The first-order valence-electron chi connectivity index (χ1n) is 8.08. The Morgan fingerprint density at radius 3 is 2.55 bits per heavy atom. The average molecular weight is 284 g/mol. The van der Waals surface area contributed by atoms with Gasteiger partial charge in [0.2, 0.25) is 0 Å². The van der Waals surface area contributed by atoms with E-state index >= 15 is 0 Å². The predicted octanol–water partition coefficient (Wildman–Crippen LogP) is 2.43. The lowest BCUT2D eigenvalue weighted by atomic mass is 9.83. The molecule has 0 aromatic rings. The van der Waals surface area contributed by atoms with E-state index < -0.39 is 5.54 Å². The number of ether oxygens (including phenoxy) is 1. The quantitative estimate of drug-likeness (QED) is 0.695. The normalized spacial score (nSPS) is 26.4. The highest BCUT2D eigenvalue weighted by Crippen LogP contribution is 2.39. The maximum Gasteiger partial charge on any atom is 0.326 e. The molecule has 0 spiro atoms. The summed E-state index contributed by atoms with van der Waals surface area (Å²) in [6.07, 6.45) is 4.20. The molecule has 0 saturated heterocycles. The van der Waals surface area contributed by atoms with Crippen molar-refractivity contribution in [2.45, 2.75) is 65.0 Å². The number of hydrogen-bond acceptors (Lipinski definition) is 4. The minimum Gasteiger partial charge on any atom is -0.468 e. The van der Waals surface area contributed by atoms with Crippen LogP contribution in [-0.4, -0.2) is 49.2 Å². The molecule has 1 N–H and O–H groups in total. The fraction of sp³-hybridized carbons (Fsp3) is 0.938. The Bertz CT molecular complexity index is 303. The van der Waals surface area contributed by atoms with E-state index in [1.807, 2.05) is 0 Å². The van der Waals surface area contributed by atoms with E-state index in [4.69, 9.17) is 4.74 Å². The Balaban J connectivity index is 2.77. The summed E-state index contributed by atoms with van der Waals surface area (Å²) < 4.78 is 5.11. The second kappa shape index (κ2) is 7.99. The molecule has 118 valence electrons. The maximum atomic E-state index is 12.4. The molecular weight excluding hydrogens is 252 g/mol. The first kappa shape index (κ1) is 17.4. The number of esters is 1. The third-order valence-electron chi connectivity index (χ3n) is 4.60. The molecular formula is C16H32N2O2. The highest BCUT2D eigenvalue weighted by molar-refractivity contribution is 5.81. The van der Waals surface area contributed by atoms with Crippen molar-refractivity contribution in [2.75, 3.05) is 26.7 Å². The van der Waals surface area contributed by atoms with Crippen LogP contribution in [0.4, 0.5) is 0 Å². The molecule has 4 heteroatoms. The van der Waals surface area contributed by atoms with E-state index in [0.717, 1.165) is 45.3 Å². The molecule has 20 heavy (non-hydrogen) atoms. The molecule has 1 saturated carbocycles. The van der Waals surface area contributed by atoms with Crippen LogP contribution >= 0.6 is 0 Å². The summed E-state index contributed by atoms with van der Waals surface area (Å²) in [5.41, 5.74) is -0.462. The number of carbonyl (C=O) groups is 1. The van der Waals surface area contributed by atoms with Crippen LogP contribution in [0.15, 0.2) is 0 Å². The number of methoxy groups -OCH3 is 1. The summed E-state index contributed by atoms with van der Waals surface area (Å²) in [4.78, 5) is 14.8. The summed E-state index contributed by atoms with van der Waals surface area (Å²) in [5.74, 6) is 0.311. The summed E-state index contributed by atoms with van der Waals surface area (Å²) in [6.45, 7) is 11.8. The van der Waals surface area contributed by atoms with E-state index in [2.05, 4.69) is 37.9 Å². The third kappa shape index (κ3) is 3.95. The van der Waals surface area contributed by atoms with E-state index in [0.29, 0.717) is 12.0 Å². The fourth-order valence-electron chi connectivity index (χ4n) is 3.56. The zero-order valence-corrected chi connectivity index (χ0v) is 13.9. The average Bonchev–Trinajstić information content (AvgIpc) is 2.82. The molecule has 0 heterocycles. The van der Waals surface area contributed by atoms with Gasteiger partial charge >= 0.3 is 5.97 Å². The van der Waals surface area contributed by atoms with Crippen molar-refractivity contribution in [3.63, 3.8) is 0 Å². The number of hydrogen-bond donors (Lipinski definition) is 1. The Kier molecular flexibility index (Phi) is 6.96. The van der Waals surface area contributed by atoms with E-state index in [1.165, 1.54) is 7.11 Å². The Hall–Kier alpha value is -0.610. The van der Waals surface area contributed by atoms with Gasteiger partial charge in [-0.3, -0.25) is 10.1 Å². The van der Waals surface area contributed by atoms with Crippen molar-refractivity contribution in [1.82, 2.24) is 10.2 Å². The second-order valence-electron chi connectivity index (χ2n) is 6.17. The summed E-state index contributed by atoms with van der Waals surface area (Å²) >= 11 is 0. The van der Waals surface area contributed by atoms with Crippen LogP contribution in [0.5, 0.6) is 0 Å². The third-order valence-corrected chi connectivity index (χ3v) is 4.60. The molecule has 2 atom stereocenters. The number of carbonyl (C=O) groups excluding carboxylic acids is 1. The van der Waals surface area contributed by atoms with Crippen LogP contribution in [0.3, 0.4) is 0 Å². The van der Waals surface area contributed by atoms with Crippen molar-refractivity contribution in [3.05, 3.63) is 0 Å². The van der Waals surface area contributed by atoms with Gasteiger partial charge in [-0.2, -0.15) is 0 Å². The monoisotopic (exact) mass is 284 g/mol. The first-order chi connectivity index (χ1) is 9.50. The van der Waals surface area contributed by atoms with Crippen LogP contribution < -0.4 is 5.32 Å². The zero-order chi connectivity index (χ0) is 15.2. The van der Waals surface area contributed by atoms with Crippen LogP contribution in [0.2, 0.25) is 0 Å². The fourth-order valence-corrected chi connectivity index (χ4v) is 3.56. The Morgan fingerprint density at radius 1 is 1.40 bits per heavy atom. The van der Waals surface area contributed by atoms with Crippen molar-refractivity contribution in [2.24, 2.45) is 5.92 Å². The van der Waals surface area contributed by atoms with Crippen LogP contribution in [-0.2, 0) is 9.53 Å². The topological polar surface area (TPSA) is 41.6 Å². The van der Waals surface area contributed by atoms with E-state index in [-0.39, 0.29) is 5.97 Å². The molecule has 0 radical (unpaired) electrons. The van der Waals surface area contributed by atoms with Crippen molar-refractivity contribution < 1.29 is 9.53 Å². The largest absolute Gasteiger partial charge is 0.468 e. The summed E-state index contributed by atoms with van der Waals surface area (Å²) in [7, 11) is 1.51. The molecule has 1 aliphatic carbocycles. The number of rotatable bonds is 8. The van der Waals surface area contributed by atoms with Gasteiger partial charge in [-0.05, 0) is 58.7 Å². The van der Waals surface area contributed by atoms with Gasteiger partial charge in [0.05, 0.1) is 7.11 Å². The molecule has 0 aliphatic heterocycles. The zero-order valence-electron chi connectivity index (χ0n) is 13.9. The Labute approximate surface area is 124 Å². The molecule has 0 aromatic carbocycles. The molecule has 0 aromatic heterocycles. The second-order valence-corrected chi connectivity index (χ2v) is 6.17. The van der Waals surface area contributed by atoms with Gasteiger partial charge in [0, 0.05) is 6.04 Å². The van der Waals surface area contributed by atoms with Gasteiger partial charge in [-0.15, -0.1) is 0 Å².